The Bertz CT molecular complexity index is 643. The molecule has 0 saturated carbocycles. The number of aromatic amines is 1. The number of hydrogen-bond donors (Lipinski definition) is 1. The van der Waals surface area contributed by atoms with Crippen LogP contribution in [0.25, 0.3) is 0 Å². The van der Waals surface area contributed by atoms with Crippen LogP contribution in [0, 0.1) is 0 Å². The lowest BCUT2D eigenvalue weighted by Gasteiger charge is -2.31. The van der Waals surface area contributed by atoms with Crippen LogP contribution in [-0.4, -0.2) is 50.7 Å². The first-order valence-corrected chi connectivity index (χ1v) is 7.96. The second-order valence-corrected chi connectivity index (χ2v) is 5.51. The van der Waals surface area contributed by atoms with Crippen LogP contribution in [0.4, 0.5) is 0 Å². The molecule has 7 nitrogen and oxygen atoms in total. The number of morpholine rings is 1. The van der Waals surface area contributed by atoms with Gasteiger partial charge >= 0.3 is 0 Å². The van der Waals surface area contributed by atoms with Crippen molar-refractivity contribution in [1.82, 2.24) is 25.1 Å². The molecule has 0 spiro atoms. The number of hydrogen-bond acceptors (Lipinski definition) is 5. The number of carbonyl (C=O) groups is 1. The highest BCUT2D eigenvalue weighted by atomic mass is 16.5. The fourth-order valence-corrected chi connectivity index (χ4v) is 2.58. The van der Waals surface area contributed by atoms with E-state index in [1.54, 1.807) is 6.20 Å². The molecule has 1 amide bonds. The highest BCUT2D eigenvalue weighted by Crippen LogP contribution is 2.20. The van der Waals surface area contributed by atoms with Gasteiger partial charge in [0.05, 0.1) is 13.2 Å². The van der Waals surface area contributed by atoms with Gasteiger partial charge in [-0.25, -0.2) is 4.98 Å². The summed E-state index contributed by atoms with van der Waals surface area (Å²) in [6, 6.07) is 5.75. The summed E-state index contributed by atoms with van der Waals surface area (Å²) in [5, 5.41) is 7.08. The maximum absolute atomic E-state index is 12.4. The van der Waals surface area contributed by atoms with E-state index in [0.717, 1.165) is 17.9 Å². The SMILES string of the molecule is CCc1nc(C2CN(C(=O)CCc3ccccn3)CCO2)n[nH]1. The van der Waals surface area contributed by atoms with Gasteiger partial charge in [0.2, 0.25) is 5.91 Å². The van der Waals surface area contributed by atoms with Crippen molar-refractivity contribution < 1.29 is 9.53 Å². The molecule has 1 unspecified atom stereocenters. The molecule has 2 aromatic heterocycles. The van der Waals surface area contributed by atoms with Gasteiger partial charge in [-0.15, -0.1) is 0 Å². The summed E-state index contributed by atoms with van der Waals surface area (Å²) in [7, 11) is 0. The smallest absolute Gasteiger partial charge is 0.223 e. The van der Waals surface area contributed by atoms with Crippen molar-refractivity contribution in [3.63, 3.8) is 0 Å². The second-order valence-electron chi connectivity index (χ2n) is 5.51. The Morgan fingerprint density at radius 1 is 1.48 bits per heavy atom. The van der Waals surface area contributed by atoms with E-state index in [1.807, 2.05) is 30.0 Å². The van der Waals surface area contributed by atoms with Crippen molar-refractivity contribution in [3.8, 4) is 0 Å². The summed E-state index contributed by atoms with van der Waals surface area (Å²) in [5.41, 5.74) is 0.937. The summed E-state index contributed by atoms with van der Waals surface area (Å²) < 4.78 is 5.71. The van der Waals surface area contributed by atoms with E-state index in [0.29, 0.717) is 38.4 Å². The van der Waals surface area contributed by atoms with Crippen LogP contribution >= 0.6 is 0 Å². The molecule has 0 aliphatic carbocycles. The molecule has 1 N–H and O–H groups in total. The molecule has 2 aromatic rings. The zero-order valence-electron chi connectivity index (χ0n) is 13.2. The number of carbonyl (C=O) groups excluding carboxylic acids is 1. The zero-order valence-corrected chi connectivity index (χ0v) is 13.2. The number of rotatable bonds is 5. The summed E-state index contributed by atoms with van der Waals surface area (Å²) in [5.74, 6) is 1.58. The molecule has 23 heavy (non-hydrogen) atoms. The van der Waals surface area contributed by atoms with Crippen LogP contribution < -0.4 is 0 Å². The van der Waals surface area contributed by atoms with E-state index in [2.05, 4.69) is 20.2 Å². The predicted molar refractivity (Wildman–Crippen MR) is 83.6 cm³/mol. The van der Waals surface area contributed by atoms with Crippen molar-refractivity contribution >= 4 is 5.91 Å². The van der Waals surface area contributed by atoms with Gasteiger partial charge in [0.1, 0.15) is 11.9 Å². The van der Waals surface area contributed by atoms with Crippen LogP contribution in [0.5, 0.6) is 0 Å². The van der Waals surface area contributed by atoms with E-state index in [-0.39, 0.29) is 12.0 Å². The molecule has 1 atom stereocenters. The molecule has 0 bridgehead atoms. The van der Waals surface area contributed by atoms with Crippen molar-refractivity contribution in [1.29, 1.82) is 0 Å². The Hall–Kier alpha value is -2.28. The molecule has 1 saturated heterocycles. The lowest BCUT2D eigenvalue weighted by molar-refractivity contribution is -0.139. The number of H-pyrrole nitrogens is 1. The third kappa shape index (κ3) is 3.92. The molecule has 3 heterocycles. The van der Waals surface area contributed by atoms with E-state index >= 15 is 0 Å². The van der Waals surface area contributed by atoms with Gasteiger partial charge in [0.15, 0.2) is 5.82 Å². The molecule has 7 heteroatoms. The molecular weight excluding hydrogens is 294 g/mol. The largest absolute Gasteiger partial charge is 0.366 e. The van der Waals surface area contributed by atoms with Crippen molar-refractivity contribution in [2.24, 2.45) is 0 Å². The molecule has 1 aliphatic heterocycles. The predicted octanol–water partition coefficient (Wildman–Crippen LogP) is 1.29. The van der Waals surface area contributed by atoms with Gasteiger partial charge in [-0.2, -0.15) is 5.10 Å². The lowest BCUT2D eigenvalue weighted by atomic mass is 10.2. The van der Waals surface area contributed by atoms with Crippen LogP contribution in [-0.2, 0) is 22.4 Å². The minimum atomic E-state index is -0.251. The number of ether oxygens (including phenoxy) is 1. The number of nitrogens with zero attached hydrogens (tertiary/aromatic N) is 4. The van der Waals surface area contributed by atoms with Gasteiger partial charge in [0, 0.05) is 31.3 Å². The van der Waals surface area contributed by atoms with E-state index in [9.17, 15) is 4.79 Å². The third-order valence-electron chi connectivity index (χ3n) is 3.91. The summed E-state index contributed by atoms with van der Waals surface area (Å²) in [6.07, 6.45) is 3.41. The fraction of sp³-hybridized carbons (Fsp3) is 0.500. The van der Waals surface area contributed by atoms with Gasteiger partial charge < -0.3 is 9.64 Å². The number of aromatic nitrogens is 4. The van der Waals surface area contributed by atoms with Crippen LogP contribution in [0.15, 0.2) is 24.4 Å². The Morgan fingerprint density at radius 3 is 3.13 bits per heavy atom. The molecule has 1 aliphatic rings. The molecular formula is C16H21N5O2. The number of amides is 1. The highest BCUT2D eigenvalue weighted by molar-refractivity contribution is 5.76. The van der Waals surface area contributed by atoms with E-state index in [4.69, 9.17) is 4.74 Å². The molecule has 0 radical (unpaired) electrons. The fourth-order valence-electron chi connectivity index (χ4n) is 2.58. The lowest BCUT2D eigenvalue weighted by Crippen LogP contribution is -2.42. The second kappa shape index (κ2) is 7.32. The Kier molecular flexibility index (Phi) is 4.97. The highest BCUT2D eigenvalue weighted by Gasteiger charge is 2.27. The average molecular weight is 315 g/mol. The number of pyridine rings is 1. The summed E-state index contributed by atoms with van der Waals surface area (Å²) >= 11 is 0. The maximum atomic E-state index is 12.4. The van der Waals surface area contributed by atoms with Gasteiger partial charge in [0.25, 0.3) is 0 Å². The average Bonchev–Trinajstić information content (AvgIpc) is 3.10. The van der Waals surface area contributed by atoms with E-state index < -0.39 is 0 Å². The first-order valence-electron chi connectivity index (χ1n) is 7.96. The first kappa shape index (κ1) is 15.6. The van der Waals surface area contributed by atoms with E-state index in [1.165, 1.54) is 0 Å². The quantitative estimate of drug-likeness (QED) is 0.899. The summed E-state index contributed by atoms with van der Waals surface area (Å²) in [4.78, 5) is 22.9. The van der Waals surface area contributed by atoms with Gasteiger partial charge in [-0.05, 0) is 18.6 Å². The Balaban J connectivity index is 1.56. The van der Waals surface area contributed by atoms with Crippen LogP contribution in [0.2, 0.25) is 0 Å². The van der Waals surface area contributed by atoms with Crippen molar-refractivity contribution in [2.75, 3.05) is 19.7 Å². The standard InChI is InChI=1S/C16H21N5O2/c1-2-14-18-16(20-19-14)13-11-21(9-10-23-13)15(22)7-6-12-5-3-4-8-17-12/h3-5,8,13H,2,6-7,9-11H2,1H3,(H,18,19,20). The van der Waals surface area contributed by atoms with Gasteiger partial charge in [-0.1, -0.05) is 13.0 Å². The molecule has 122 valence electrons. The summed E-state index contributed by atoms with van der Waals surface area (Å²) in [6.45, 7) is 3.64. The van der Waals surface area contributed by atoms with Crippen LogP contribution in [0.3, 0.4) is 0 Å². The number of nitrogens with one attached hydrogen (secondary N) is 1. The Labute approximate surface area is 135 Å². The maximum Gasteiger partial charge on any atom is 0.223 e. The number of aryl methyl sites for hydroxylation is 2. The minimum absolute atomic E-state index is 0.121. The van der Waals surface area contributed by atoms with Crippen molar-refractivity contribution in [3.05, 3.63) is 41.7 Å². The topological polar surface area (TPSA) is 84.0 Å². The first-order chi connectivity index (χ1) is 11.3. The van der Waals surface area contributed by atoms with Gasteiger partial charge in [-0.3, -0.25) is 14.9 Å². The molecule has 3 rings (SSSR count). The zero-order chi connectivity index (χ0) is 16.1. The third-order valence-corrected chi connectivity index (χ3v) is 3.91. The van der Waals surface area contributed by atoms with Crippen molar-refractivity contribution in [2.45, 2.75) is 32.3 Å². The monoisotopic (exact) mass is 315 g/mol. The molecule has 0 aromatic carbocycles. The van der Waals surface area contributed by atoms with Crippen LogP contribution in [0.1, 0.15) is 36.8 Å². The normalized spacial score (nSPS) is 18.1. The Morgan fingerprint density at radius 2 is 2.39 bits per heavy atom. The molecule has 1 fully saturated rings. The minimum Gasteiger partial charge on any atom is -0.366 e.